The summed E-state index contributed by atoms with van der Waals surface area (Å²) in [5, 5.41) is 25.0. The molecule has 1 N–H and O–H groups in total. The van der Waals surface area contributed by atoms with E-state index in [0.717, 1.165) is 5.03 Å². The van der Waals surface area contributed by atoms with Crippen LogP contribution in [0.1, 0.15) is 0 Å². The number of nitro groups is 1. The van der Waals surface area contributed by atoms with Gasteiger partial charge >= 0.3 is 5.69 Å². The first-order valence-electron chi connectivity index (χ1n) is 5.54. The van der Waals surface area contributed by atoms with Crippen molar-refractivity contribution < 1.29 is 10.0 Å². The zero-order valence-electron chi connectivity index (χ0n) is 9.92. The van der Waals surface area contributed by atoms with Crippen molar-refractivity contribution in [2.75, 3.05) is 5.75 Å². The first-order valence-corrected chi connectivity index (χ1v) is 6.52. The van der Waals surface area contributed by atoms with Gasteiger partial charge in [0.2, 0.25) is 0 Å². The quantitative estimate of drug-likeness (QED) is 0.487. The molecule has 2 aromatic rings. The fourth-order valence-corrected chi connectivity index (χ4v) is 2.21. The highest BCUT2D eigenvalue weighted by Crippen LogP contribution is 2.16. The van der Waals surface area contributed by atoms with Crippen LogP contribution >= 0.6 is 11.8 Å². The Morgan fingerprint density at radius 2 is 2.37 bits per heavy atom. The van der Waals surface area contributed by atoms with Gasteiger partial charge < -0.3 is 5.11 Å². The molecule has 0 saturated carbocycles. The maximum Gasteiger partial charge on any atom is 0.306 e. The number of aliphatic hydroxyl groups excluding tert-OH is 1. The lowest BCUT2D eigenvalue weighted by atomic mass is 10.4. The topological polar surface area (TPSA) is 94.1 Å². The minimum atomic E-state index is -0.647. The molecule has 0 amide bonds. The molecule has 8 heteroatoms. The number of pyridine rings is 1. The Balaban J connectivity index is 1.83. The Bertz CT molecular complexity index is 546. The molecule has 100 valence electrons. The monoisotopic (exact) mass is 280 g/mol. The average molecular weight is 280 g/mol. The minimum Gasteiger partial charge on any atom is -0.390 e. The van der Waals surface area contributed by atoms with Crippen molar-refractivity contribution in [2.24, 2.45) is 0 Å². The van der Waals surface area contributed by atoms with E-state index in [1.807, 2.05) is 18.2 Å². The fraction of sp³-hybridized carbons (Fsp3) is 0.273. The number of thioether (sulfide) groups is 1. The van der Waals surface area contributed by atoms with Crippen molar-refractivity contribution in [1.82, 2.24) is 14.8 Å². The van der Waals surface area contributed by atoms with Crippen molar-refractivity contribution in [3.05, 3.63) is 46.9 Å². The van der Waals surface area contributed by atoms with Gasteiger partial charge in [-0.3, -0.25) is 14.8 Å². The maximum atomic E-state index is 10.5. The number of hydrogen-bond acceptors (Lipinski definition) is 6. The first kappa shape index (κ1) is 13.5. The number of aromatic nitrogens is 3. The molecule has 1 atom stereocenters. The van der Waals surface area contributed by atoms with Gasteiger partial charge in [0.25, 0.3) is 0 Å². The first-order chi connectivity index (χ1) is 9.15. The second-order valence-corrected chi connectivity index (χ2v) is 4.85. The Labute approximate surface area is 113 Å². The third-order valence-corrected chi connectivity index (χ3v) is 3.38. The van der Waals surface area contributed by atoms with E-state index in [-0.39, 0.29) is 12.2 Å². The van der Waals surface area contributed by atoms with Gasteiger partial charge in [-0.05, 0) is 12.1 Å². The van der Waals surface area contributed by atoms with Gasteiger partial charge in [0, 0.05) is 11.9 Å². The molecular weight excluding hydrogens is 268 g/mol. The van der Waals surface area contributed by atoms with Crippen LogP contribution in [-0.2, 0) is 6.54 Å². The molecule has 19 heavy (non-hydrogen) atoms. The smallest absolute Gasteiger partial charge is 0.306 e. The third kappa shape index (κ3) is 4.04. The second-order valence-electron chi connectivity index (χ2n) is 3.81. The van der Waals surface area contributed by atoms with Crippen molar-refractivity contribution in [2.45, 2.75) is 17.7 Å². The van der Waals surface area contributed by atoms with Crippen LogP contribution in [0.15, 0.2) is 41.8 Å². The fourth-order valence-electron chi connectivity index (χ4n) is 1.43. The molecule has 0 bridgehead atoms. The number of rotatable bonds is 6. The van der Waals surface area contributed by atoms with Crippen LogP contribution < -0.4 is 0 Å². The van der Waals surface area contributed by atoms with Crippen LogP contribution in [0.3, 0.4) is 0 Å². The molecule has 0 aliphatic heterocycles. The molecule has 0 saturated heterocycles. The average Bonchev–Trinajstić information content (AvgIpc) is 2.86. The molecule has 2 aromatic heterocycles. The van der Waals surface area contributed by atoms with Crippen LogP contribution in [-0.4, -0.2) is 36.7 Å². The summed E-state index contributed by atoms with van der Waals surface area (Å²) in [5.41, 5.74) is -0.0791. The Kier molecular flexibility index (Phi) is 4.48. The predicted octanol–water partition coefficient (Wildman–Crippen LogP) is 1.34. The van der Waals surface area contributed by atoms with Gasteiger partial charge in [-0.15, -0.1) is 11.8 Å². The third-order valence-electron chi connectivity index (χ3n) is 2.29. The maximum absolute atomic E-state index is 10.5. The molecule has 0 unspecified atom stereocenters. The lowest BCUT2D eigenvalue weighted by Crippen LogP contribution is -2.18. The summed E-state index contributed by atoms with van der Waals surface area (Å²) in [6.45, 7) is 0.216. The van der Waals surface area contributed by atoms with Crippen LogP contribution in [0.4, 0.5) is 5.69 Å². The lowest BCUT2D eigenvalue weighted by Gasteiger charge is -2.09. The van der Waals surface area contributed by atoms with Crippen molar-refractivity contribution >= 4 is 17.4 Å². The molecule has 2 rings (SSSR count). The Hall–Kier alpha value is -1.93. The van der Waals surface area contributed by atoms with E-state index < -0.39 is 11.0 Å². The summed E-state index contributed by atoms with van der Waals surface area (Å²) < 4.78 is 1.36. The van der Waals surface area contributed by atoms with Gasteiger partial charge in [-0.25, -0.2) is 4.98 Å². The molecule has 0 spiro atoms. The van der Waals surface area contributed by atoms with Crippen LogP contribution in [0.2, 0.25) is 0 Å². The summed E-state index contributed by atoms with van der Waals surface area (Å²) in [6, 6.07) is 5.55. The van der Waals surface area contributed by atoms with Crippen LogP contribution in [0.25, 0.3) is 0 Å². The Morgan fingerprint density at radius 1 is 1.53 bits per heavy atom. The predicted molar refractivity (Wildman–Crippen MR) is 69.8 cm³/mol. The van der Waals surface area contributed by atoms with Crippen molar-refractivity contribution in [3.8, 4) is 0 Å². The van der Waals surface area contributed by atoms with Crippen molar-refractivity contribution in [1.29, 1.82) is 0 Å². The van der Waals surface area contributed by atoms with Gasteiger partial charge in [-0.1, -0.05) is 6.07 Å². The highest BCUT2D eigenvalue weighted by atomic mass is 32.2. The SMILES string of the molecule is O=[N+]([O-])c1cnn(C[C@@H](O)CSc2ccccn2)c1. The Morgan fingerprint density at radius 3 is 3.00 bits per heavy atom. The summed E-state index contributed by atoms with van der Waals surface area (Å²) in [6.07, 6.45) is 3.50. The van der Waals surface area contributed by atoms with E-state index in [1.165, 1.54) is 28.8 Å². The van der Waals surface area contributed by atoms with E-state index >= 15 is 0 Å². The molecule has 0 aliphatic rings. The van der Waals surface area contributed by atoms with Crippen molar-refractivity contribution in [3.63, 3.8) is 0 Å². The minimum absolute atomic E-state index is 0.0791. The van der Waals surface area contributed by atoms with Gasteiger partial charge in [-0.2, -0.15) is 5.10 Å². The molecular formula is C11H12N4O3S. The molecule has 2 heterocycles. The van der Waals surface area contributed by atoms with Gasteiger partial charge in [0.1, 0.15) is 12.4 Å². The van der Waals surface area contributed by atoms with E-state index in [0.29, 0.717) is 5.75 Å². The largest absolute Gasteiger partial charge is 0.390 e. The van der Waals surface area contributed by atoms with Crippen LogP contribution in [0.5, 0.6) is 0 Å². The summed E-state index contributed by atoms with van der Waals surface area (Å²) in [7, 11) is 0. The molecule has 7 nitrogen and oxygen atoms in total. The highest BCUT2D eigenvalue weighted by molar-refractivity contribution is 7.99. The lowest BCUT2D eigenvalue weighted by molar-refractivity contribution is -0.385. The number of hydrogen-bond donors (Lipinski definition) is 1. The van der Waals surface area contributed by atoms with Gasteiger partial charge in [0.05, 0.1) is 22.6 Å². The number of nitrogens with zero attached hydrogens (tertiary/aromatic N) is 4. The highest BCUT2D eigenvalue weighted by Gasteiger charge is 2.12. The van der Waals surface area contributed by atoms with E-state index in [1.54, 1.807) is 6.20 Å². The normalized spacial score (nSPS) is 12.3. The van der Waals surface area contributed by atoms with Crippen LogP contribution in [0, 0.1) is 10.1 Å². The molecule has 0 aromatic carbocycles. The zero-order valence-corrected chi connectivity index (χ0v) is 10.7. The van der Waals surface area contributed by atoms with E-state index in [4.69, 9.17) is 0 Å². The summed E-state index contributed by atoms with van der Waals surface area (Å²) >= 11 is 1.42. The van der Waals surface area contributed by atoms with E-state index in [2.05, 4.69) is 10.1 Å². The summed E-state index contributed by atoms with van der Waals surface area (Å²) in [5.74, 6) is 0.449. The molecule has 0 aliphatic carbocycles. The molecule has 0 radical (unpaired) electrons. The van der Waals surface area contributed by atoms with E-state index in [9.17, 15) is 15.2 Å². The summed E-state index contributed by atoms with van der Waals surface area (Å²) in [4.78, 5) is 14.1. The standard InChI is InChI=1S/C11H12N4O3S/c16-10(8-19-11-3-1-2-4-12-11)7-14-6-9(5-13-14)15(17)18/h1-6,10,16H,7-8H2/t10-/m1/s1. The number of aliphatic hydroxyl groups is 1. The molecule has 0 fully saturated rings. The zero-order chi connectivity index (χ0) is 13.7. The van der Waals surface area contributed by atoms with Gasteiger partial charge in [0.15, 0.2) is 0 Å². The second kappa shape index (κ2) is 6.30.